The van der Waals surface area contributed by atoms with Crippen molar-refractivity contribution in [2.24, 2.45) is 0 Å². The molecule has 3 aromatic rings. The number of nitrogens with zero attached hydrogens (tertiary/aromatic N) is 3. The van der Waals surface area contributed by atoms with Crippen molar-refractivity contribution in [1.82, 2.24) is 15.2 Å². The van der Waals surface area contributed by atoms with Gasteiger partial charge in [0.2, 0.25) is 5.95 Å². The lowest BCUT2D eigenvalue weighted by Gasteiger charge is -2.10. The summed E-state index contributed by atoms with van der Waals surface area (Å²) in [6.07, 6.45) is 1.50. The van der Waals surface area contributed by atoms with Gasteiger partial charge in [-0.25, -0.2) is 4.79 Å². The number of aromatic nitrogens is 3. The van der Waals surface area contributed by atoms with Gasteiger partial charge in [-0.2, -0.15) is 10.1 Å². The van der Waals surface area contributed by atoms with Gasteiger partial charge < -0.3 is 15.4 Å². The summed E-state index contributed by atoms with van der Waals surface area (Å²) in [7, 11) is 1.32. The highest BCUT2D eigenvalue weighted by atomic mass is 35.5. The lowest BCUT2D eigenvalue weighted by atomic mass is 10.2. The number of hydrogen-bond acceptors (Lipinski definition) is 7. The number of hydrogen-bond donors (Lipinski definition) is 2. The third-order valence-electron chi connectivity index (χ3n) is 3.24. The SMILES string of the molecule is COC(=O)c1ccc(Cl)c(Nc2nncc(Nc3ccccc3)n2)c1. The van der Waals surface area contributed by atoms with Gasteiger partial charge in [0, 0.05) is 5.69 Å². The molecule has 0 fully saturated rings. The molecule has 0 radical (unpaired) electrons. The molecule has 126 valence electrons. The number of carbonyl (C=O) groups is 1. The molecular formula is C17H14ClN5O2. The number of ether oxygens (including phenoxy) is 1. The molecule has 1 aromatic heterocycles. The maximum Gasteiger partial charge on any atom is 0.337 e. The first-order valence-corrected chi connectivity index (χ1v) is 7.70. The fourth-order valence-corrected chi connectivity index (χ4v) is 2.24. The van der Waals surface area contributed by atoms with Crippen LogP contribution in [-0.2, 0) is 4.74 Å². The van der Waals surface area contributed by atoms with Crippen LogP contribution in [0.4, 0.5) is 23.1 Å². The monoisotopic (exact) mass is 355 g/mol. The average molecular weight is 356 g/mol. The zero-order valence-corrected chi connectivity index (χ0v) is 14.0. The minimum Gasteiger partial charge on any atom is -0.465 e. The Balaban J connectivity index is 1.81. The summed E-state index contributed by atoms with van der Waals surface area (Å²) in [4.78, 5) is 16.0. The molecule has 8 heteroatoms. The van der Waals surface area contributed by atoms with Gasteiger partial charge in [0.1, 0.15) is 0 Å². The first-order valence-electron chi connectivity index (χ1n) is 7.32. The molecule has 25 heavy (non-hydrogen) atoms. The summed E-state index contributed by atoms with van der Waals surface area (Å²) in [6, 6.07) is 14.3. The maximum absolute atomic E-state index is 11.6. The zero-order valence-electron chi connectivity index (χ0n) is 13.2. The Labute approximate surface area is 149 Å². The number of carbonyl (C=O) groups excluding carboxylic acids is 1. The van der Waals surface area contributed by atoms with Gasteiger partial charge in [-0.3, -0.25) is 0 Å². The molecule has 0 spiro atoms. The molecule has 0 bridgehead atoms. The molecule has 2 aromatic carbocycles. The molecule has 2 N–H and O–H groups in total. The number of benzene rings is 2. The van der Waals surface area contributed by atoms with Gasteiger partial charge in [-0.05, 0) is 30.3 Å². The summed E-state index contributed by atoms with van der Waals surface area (Å²) in [5.74, 6) is 0.298. The molecule has 0 aliphatic rings. The number of nitrogens with one attached hydrogen (secondary N) is 2. The Morgan fingerprint density at radius 2 is 1.92 bits per heavy atom. The van der Waals surface area contributed by atoms with Crippen molar-refractivity contribution in [3.63, 3.8) is 0 Å². The van der Waals surface area contributed by atoms with Gasteiger partial charge in [0.25, 0.3) is 0 Å². The summed E-state index contributed by atoms with van der Waals surface area (Å²) in [5.41, 5.74) is 1.71. The summed E-state index contributed by atoms with van der Waals surface area (Å²) < 4.78 is 4.70. The number of methoxy groups -OCH3 is 1. The first kappa shape index (κ1) is 16.7. The van der Waals surface area contributed by atoms with E-state index in [1.165, 1.54) is 13.3 Å². The second-order valence-corrected chi connectivity index (χ2v) is 5.37. The van der Waals surface area contributed by atoms with Crippen molar-refractivity contribution in [1.29, 1.82) is 0 Å². The van der Waals surface area contributed by atoms with Crippen LogP contribution in [0.15, 0.2) is 54.7 Å². The molecule has 0 unspecified atom stereocenters. The fourth-order valence-electron chi connectivity index (χ4n) is 2.07. The summed E-state index contributed by atoms with van der Waals surface area (Å²) >= 11 is 6.16. The Bertz CT molecular complexity index is 889. The van der Waals surface area contributed by atoms with Crippen LogP contribution in [0.5, 0.6) is 0 Å². The van der Waals surface area contributed by atoms with Crippen LogP contribution >= 0.6 is 11.6 Å². The molecule has 0 aliphatic heterocycles. The highest BCUT2D eigenvalue weighted by Crippen LogP contribution is 2.26. The van der Waals surface area contributed by atoms with Crippen molar-refractivity contribution in [2.45, 2.75) is 0 Å². The lowest BCUT2D eigenvalue weighted by molar-refractivity contribution is 0.0601. The average Bonchev–Trinajstić information content (AvgIpc) is 2.64. The van der Waals surface area contributed by atoms with E-state index in [1.807, 2.05) is 30.3 Å². The van der Waals surface area contributed by atoms with Crippen molar-refractivity contribution < 1.29 is 9.53 Å². The van der Waals surface area contributed by atoms with Crippen LogP contribution in [0.2, 0.25) is 5.02 Å². The van der Waals surface area contributed by atoms with Crippen LogP contribution < -0.4 is 10.6 Å². The molecule has 0 saturated heterocycles. The number of anilines is 4. The summed E-state index contributed by atoms with van der Waals surface area (Å²) in [5, 5.41) is 14.3. The van der Waals surface area contributed by atoms with E-state index in [2.05, 4.69) is 25.8 Å². The fraction of sp³-hybridized carbons (Fsp3) is 0.0588. The Morgan fingerprint density at radius 1 is 1.12 bits per heavy atom. The summed E-state index contributed by atoms with van der Waals surface area (Å²) in [6.45, 7) is 0. The highest BCUT2D eigenvalue weighted by molar-refractivity contribution is 6.33. The third kappa shape index (κ3) is 4.21. The molecule has 0 saturated carbocycles. The molecular weight excluding hydrogens is 342 g/mol. The largest absolute Gasteiger partial charge is 0.465 e. The lowest BCUT2D eigenvalue weighted by Crippen LogP contribution is -2.05. The van der Waals surface area contributed by atoms with Gasteiger partial charge >= 0.3 is 5.97 Å². The van der Waals surface area contributed by atoms with Crippen LogP contribution in [0.1, 0.15) is 10.4 Å². The van der Waals surface area contributed by atoms with Crippen molar-refractivity contribution >= 4 is 40.7 Å². The van der Waals surface area contributed by atoms with E-state index in [1.54, 1.807) is 18.2 Å². The zero-order chi connectivity index (χ0) is 17.6. The van der Waals surface area contributed by atoms with Gasteiger partial charge in [0.15, 0.2) is 5.82 Å². The van der Waals surface area contributed by atoms with Gasteiger partial charge in [-0.1, -0.05) is 29.8 Å². The van der Waals surface area contributed by atoms with E-state index in [0.29, 0.717) is 22.1 Å². The molecule has 0 aliphatic carbocycles. The van der Waals surface area contributed by atoms with Crippen LogP contribution in [0, 0.1) is 0 Å². The van der Waals surface area contributed by atoms with Crippen molar-refractivity contribution in [3.05, 3.63) is 65.3 Å². The maximum atomic E-state index is 11.6. The van der Waals surface area contributed by atoms with E-state index < -0.39 is 5.97 Å². The molecule has 0 atom stereocenters. The highest BCUT2D eigenvalue weighted by Gasteiger charge is 2.10. The van der Waals surface area contributed by atoms with Crippen LogP contribution in [0.25, 0.3) is 0 Å². The first-order chi connectivity index (χ1) is 12.2. The Morgan fingerprint density at radius 3 is 2.68 bits per heavy atom. The minimum atomic E-state index is -0.460. The number of halogens is 1. The van der Waals surface area contributed by atoms with E-state index in [4.69, 9.17) is 16.3 Å². The van der Waals surface area contributed by atoms with Crippen molar-refractivity contribution in [2.75, 3.05) is 17.7 Å². The van der Waals surface area contributed by atoms with Crippen LogP contribution in [0.3, 0.4) is 0 Å². The predicted octanol–water partition coefficient (Wildman–Crippen LogP) is 3.80. The molecule has 1 heterocycles. The van der Waals surface area contributed by atoms with Gasteiger partial charge in [-0.15, -0.1) is 5.10 Å². The second kappa shape index (κ2) is 7.59. The standard InChI is InChI=1S/C17H14ClN5O2/c1-25-16(24)11-7-8-13(18)14(9-11)21-17-22-15(10-19-23-17)20-12-5-3-2-4-6-12/h2-10H,1H3,(H2,20,21,22,23). The second-order valence-electron chi connectivity index (χ2n) is 4.97. The smallest absolute Gasteiger partial charge is 0.337 e. The Kier molecular flexibility index (Phi) is 5.06. The van der Waals surface area contributed by atoms with E-state index in [0.717, 1.165) is 5.69 Å². The Hall–Kier alpha value is -3.19. The van der Waals surface area contributed by atoms with E-state index >= 15 is 0 Å². The third-order valence-corrected chi connectivity index (χ3v) is 3.57. The van der Waals surface area contributed by atoms with Crippen molar-refractivity contribution in [3.8, 4) is 0 Å². The number of rotatable bonds is 5. The molecule has 0 amide bonds. The molecule has 7 nitrogen and oxygen atoms in total. The quantitative estimate of drug-likeness (QED) is 0.673. The topological polar surface area (TPSA) is 89.0 Å². The number of para-hydroxylation sites is 1. The van der Waals surface area contributed by atoms with Gasteiger partial charge in [0.05, 0.1) is 29.6 Å². The number of esters is 1. The van der Waals surface area contributed by atoms with E-state index in [-0.39, 0.29) is 5.95 Å². The van der Waals surface area contributed by atoms with Crippen LogP contribution in [-0.4, -0.2) is 28.3 Å². The van der Waals surface area contributed by atoms with E-state index in [9.17, 15) is 4.79 Å². The normalized spacial score (nSPS) is 10.2. The predicted molar refractivity (Wildman–Crippen MR) is 95.6 cm³/mol. The molecule has 3 rings (SSSR count). The minimum absolute atomic E-state index is 0.241.